The molecule has 20 heavy (non-hydrogen) atoms. The molecule has 0 bridgehead atoms. The van der Waals surface area contributed by atoms with Crippen molar-refractivity contribution in [2.45, 2.75) is 25.8 Å². The summed E-state index contributed by atoms with van der Waals surface area (Å²) in [5.41, 5.74) is -0.469. The van der Waals surface area contributed by atoms with E-state index < -0.39 is 11.0 Å². The number of rotatable bonds is 3. The number of benzene rings is 1. The van der Waals surface area contributed by atoms with Crippen molar-refractivity contribution in [1.29, 1.82) is 0 Å². The van der Waals surface area contributed by atoms with Gasteiger partial charge < -0.3 is 15.7 Å². The molecule has 1 aromatic rings. The molecule has 0 radical (unpaired) electrons. The minimum absolute atomic E-state index is 0.147. The van der Waals surface area contributed by atoms with Crippen LogP contribution < -0.4 is 10.6 Å². The third kappa shape index (κ3) is 2.88. The van der Waals surface area contributed by atoms with E-state index in [-0.39, 0.29) is 28.9 Å². The lowest BCUT2D eigenvalue weighted by atomic mass is 9.92. The number of carbonyl (C=O) groups excluding carboxylic acids is 1. The van der Waals surface area contributed by atoms with Gasteiger partial charge in [0.1, 0.15) is 5.75 Å². The van der Waals surface area contributed by atoms with E-state index >= 15 is 0 Å². The summed E-state index contributed by atoms with van der Waals surface area (Å²) >= 11 is 0. The van der Waals surface area contributed by atoms with Crippen LogP contribution in [0.5, 0.6) is 5.75 Å². The molecule has 3 N–H and O–H groups in total. The Labute approximate surface area is 116 Å². The molecule has 0 spiro atoms. The predicted octanol–water partition coefficient (Wildman–Crippen LogP) is 1.63. The Morgan fingerprint density at radius 2 is 2.30 bits per heavy atom. The molecular weight excluding hydrogens is 262 g/mol. The number of piperidine rings is 1. The average Bonchev–Trinajstić information content (AvgIpc) is 2.41. The highest BCUT2D eigenvalue weighted by Crippen LogP contribution is 2.33. The van der Waals surface area contributed by atoms with Crippen LogP contribution in [0.4, 0.5) is 11.4 Å². The summed E-state index contributed by atoms with van der Waals surface area (Å²) in [6.45, 7) is 2.70. The molecule has 2 rings (SSSR count). The zero-order valence-electron chi connectivity index (χ0n) is 11.1. The van der Waals surface area contributed by atoms with Crippen molar-refractivity contribution in [3.05, 3.63) is 28.3 Å². The number of nitrogens with zero attached hydrogens (tertiary/aromatic N) is 1. The zero-order valence-corrected chi connectivity index (χ0v) is 11.1. The van der Waals surface area contributed by atoms with Gasteiger partial charge in [0, 0.05) is 6.07 Å². The van der Waals surface area contributed by atoms with E-state index in [2.05, 4.69) is 10.6 Å². The molecule has 1 fully saturated rings. The van der Waals surface area contributed by atoms with Gasteiger partial charge in [0.05, 0.1) is 11.0 Å². The Kier molecular flexibility index (Phi) is 4.19. The number of nitrogens with one attached hydrogen (secondary N) is 2. The van der Waals surface area contributed by atoms with E-state index in [1.165, 1.54) is 18.2 Å². The van der Waals surface area contributed by atoms with E-state index in [1.807, 2.05) is 6.92 Å². The van der Waals surface area contributed by atoms with Crippen molar-refractivity contribution in [2.75, 3.05) is 11.9 Å². The number of para-hydroxylation sites is 1. The van der Waals surface area contributed by atoms with Crippen LogP contribution in [0.2, 0.25) is 0 Å². The molecule has 1 aromatic carbocycles. The van der Waals surface area contributed by atoms with E-state index in [4.69, 9.17) is 0 Å². The molecule has 0 aromatic heterocycles. The molecular formula is C13H17N3O4. The van der Waals surface area contributed by atoms with Crippen molar-refractivity contribution in [3.8, 4) is 5.75 Å². The summed E-state index contributed by atoms with van der Waals surface area (Å²) in [4.78, 5) is 22.5. The lowest BCUT2D eigenvalue weighted by molar-refractivity contribution is -0.384. The fourth-order valence-electron chi connectivity index (χ4n) is 2.41. The van der Waals surface area contributed by atoms with E-state index in [9.17, 15) is 20.0 Å². The molecule has 1 aliphatic heterocycles. The molecule has 7 nitrogen and oxygen atoms in total. The van der Waals surface area contributed by atoms with Gasteiger partial charge in [-0.05, 0) is 31.4 Å². The number of nitro groups is 1. The van der Waals surface area contributed by atoms with Gasteiger partial charge in [-0.15, -0.1) is 0 Å². The predicted molar refractivity (Wildman–Crippen MR) is 73.6 cm³/mol. The minimum atomic E-state index is -0.632. The number of amides is 1. The molecule has 1 aliphatic rings. The number of hydrogen-bond acceptors (Lipinski definition) is 5. The van der Waals surface area contributed by atoms with Crippen molar-refractivity contribution < 1.29 is 14.8 Å². The van der Waals surface area contributed by atoms with Crippen molar-refractivity contribution >= 4 is 17.3 Å². The highest BCUT2D eigenvalue weighted by molar-refractivity contribution is 5.98. The van der Waals surface area contributed by atoms with Gasteiger partial charge >= 0.3 is 0 Å². The van der Waals surface area contributed by atoms with E-state index in [0.717, 1.165) is 19.4 Å². The van der Waals surface area contributed by atoms with Crippen molar-refractivity contribution in [3.63, 3.8) is 0 Å². The van der Waals surface area contributed by atoms with Gasteiger partial charge in [-0.1, -0.05) is 13.0 Å². The quantitative estimate of drug-likeness (QED) is 0.443. The zero-order chi connectivity index (χ0) is 14.7. The van der Waals surface area contributed by atoms with Crippen LogP contribution in [0.1, 0.15) is 19.8 Å². The Balaban J connectivity index is 2.21. The topological polar surface area (TPSA) is 104 Å². The second-order valence-corrected chi connectivity index (χ2v) is 4.97. The van der Waals surface area contributed by atoms with Gasteiger partial charge in [-0.3, -0.25) is 14.9 Å². The highest BCUT2D eigenvalue weighted by Gasteiger charge is 2.29. The minimum Gasteiger partial charge on any atom is -0.505 e. The number of hydrogen-bond donors (Lipinski definition) is 3. The maximum absolute atomic E-state index is 12.2. The SMILES string of the molecule is CC1CCCNC1C(=O)Nc1c(O)cccc1[N+](=O)[O-]. The molecule has 2 atom stereocenters. The summed E-state index contributed by atoms with van der Waals surface area (Å²) in [7, 11) is 0. The van der Waals surface area contributed by atoms with Gasteiger partial charge in [0.15, 0.2) is 5.69 Å². The number of anilines is 1. The highest BCUT2D eigenvalue weighted by atomic mass is 16.6. The van der Waals surface area contributed by atoms with Gasteiger partial charge in [0.25, 0.3) is 5.69 Å². The fraction of sp³-hybridized carbons (Fsp3) is 0.462. The van der Waals surface area contributed by atoms with Crippen LogP contribution in [0.15, 0.2) is 18.2 Å². The normalized spacial score (nSPS) is 22.2. The average molecular weight is 279 g/mol. The summed E-state index contributed by atoms with van der Waals surface area (Å²) in [6, 6.07) is 3.51. The maximum atomic E-state index is 12.2. The first kappa shape index (κ1) is 14.3. The van der Waals surface area contributed by atoms with Crippen LogP contribution in [0.3, 0.4) is 0 Å². The van der Waals surface area contributed by atoms with Crippen LogP contribution in [0.25, 0.3) is 0 Å². The smallest absolute Gasteiger partial charge is 0.296 e. The first-order valence-corrected chi connectivity index (χ1v) is 6.51. The van der Waals surface area contributed by atoms with Gasteiger partial charge in [-0.2, -0.15) is 0 Å². The molecule has 7 heteroatoms. The summed E-state index contributed by atoms with van der Waals surface area (Å²) < 4.78 is 0. The lowest BCUT2D eigenvalue weighted by Crippen LogP contribution is -2.48. The number of phenols is 1. The molecule has 0 saturated carbocycles. The molecule has 1 heterocycles. The molecule has 108 valence electrons. The third-order valence-corrected chi connectivity index (χ3v) is 3.52. The van der Waals surface area contributed by atoms with Crippen LogP contribution >= 0.6 is 0 Å². The maximum Gasteiger partial charge on any atom is 0.296 e. The molecule has 2 unspecified atom stereocenters. The van der Waals surface area contributed by atoms with Crippen molar-refractivity contribution in [2.24, 2.45) is 5.92 Å². The Bertz CT molecular complexity index is 532. The van der Waals surface area contributed by atoms with E-state index in [1.54, 1.807) is 0 Å². The number of phenolic OH excluding ortho intramolecular Hbond substituents is 1. The Hall–Kier alpha value is -2.15. The molecule has 0 aliphatic carbocycles. The monoisotopic (exact) mass is 279 g/mol. The van der Waals surface area contributed by atoms with Gasteiger partial charge in [-0.25, -0.2) is 0 Å². The fourth-order valence-corrected chi connectivity index (χ4v) is 2.41. The largest absolute Gasteiger partial charge is 0.505 e. The van der Waals surface area contributed by atoms with Crippen molar-refractivity contribution in [1.82, 2.24) is 5.32 Å². The molecule has 1 saturated heterocycles. The standard InChI is InChI=1S/C13H17N3O4/c1-8-4-3-7-14-11(8)13(18)15-12-9(16(19)20)5-2-6-10(12)17/h2,5-6,8,11,14,17H,3-4,7H2,1H3,(H,15,18). The first-order valence-electron chi connectivity index (χ1n) is 6.51. The summed E-state index contributed by atoms with van der Waals surface area (Å²) in [5, 5.41) is 26.2. The summed E-state index contributed by atoms with van der Waals surface area (Å²) in [6.07, 6.45) is 1.93. The van der Waals surface area contributed by atoms with Crippen LogP contribution in [-0.4, -0.2) is 28.5 Å². The third-order valence-electron chi connectivity index (χ3n) is 3.52. The Morgan fingerprint density at radius 3 is 2.95 bits per heavy atom. The lowest BCUT2D eigenvalue weighted by Gasteiger charge is -2.28. The first-order chi connectivity index (χ1) is 9.50. The number of aromatic hydroxyl groups is 1. The van der Waals surface area contributed by atoms with Crippen LogP contribution in [-0.2, 0) is 4.79 Å². The Morgan fingerprint density at radius 1 is 1.55 bits per heavy atom. The van der Waals surface area contributed by atoms with E-state index in [0.29, 0.717) is 0 Å². The van der Waals surface area contributed by atoms with Crippen LogP contribution in [0, 0.1) is 16.0 Å². The second-order valence-electron chi connectivity index (χ2n) is 4.97. The number of nitro benzene ring substituents is 1. The van der Waals surface area contributed by atoms with Gasteiger partial charge in [0.2, 0.25) is 5.91 Å². The number of carbonyl (C=O) groups is 1. The second kappa shape index (κ2) is 5.87. The summed E-state index contributed by atoms with van der Waals surface area (Å²) in [5.74, 6) is -0.522. The molecule has 1 amide bonds.